The number of hydrogen-bond acceptors (Lipinski definition) is 3. The SMILES string of the molecule is COP(=O)(C=C=C(C)/C=C/C=C(\C)CCC=C(C)C)OC. The third-order valence-corrected chi connectivity index (χ3v) is 4.24. The molecule has 4 heteroatoms. The van der Waals surface area contributed by atoms with Crippen LogP contribution in [0.15, 0.2) is 52.6 Å². The van der Waals surface area contributed by atoms with Gasteiger partial charge in [0, 0.05) is 14.2 Å². The van der Waals surface area contributed by atoms with E-state index in [-0.39, 0.29) is 0 Å². The lowest BCUT2D eigenvalue weighted by atomic mass is 10.1. The quantitative estimate of drug-likeness (QED) is 0.247. The highest BCUT2D eigenvalue weighted by molar-refractivity contribution is 7.57. The molecule has 0 saturated heterocycles. The predicted octanol–water partition coefficient (Wildman–Crippen LogP) is 5.78. The summed E-state index contributed by atoms with van der Waals surface area (Å²) in [6, 6.07) is 0. The van der Waals surface area contributed by atoms with Gasteiger partial charge in [0.05, 0.1) is 5.82 Å². The Morgan fingerprint density at radius 2 is 1.76 bits per heavy atom. The van der Waals surface area contributed by atoms with E-state index in [1.807, 2.05) is 19.1 Å². The molecular weight excluding hydrogens is 283 g/mol. The molecule has 0 aliphatic rings. The second-order valence-corrected chi connectivity index (χ2v) is 7.12. The van der Waals surface area contributed by atoms with Crippen LogP contribution in [0.1, 0.15) is 40.5 Å². The molecule has 0 bridgehead atoms. The van der Waals surface area contributed by atoms with Crippen molar-refractivity contribution >= 4 is 7.60 Å². The zero-order chi connectivity index (χ0) is 16.3. The molecule has 0 aromatic carbocycles. The monoisotopic (exact) mass is 310 g/mol. The fraction of sp³-hybridized carbons (Fsp3) is 0.471. The van der Waals surface area contributed by atoms with Gasteiger partial charge < -0.3 is 9.05 Å². The molecule has 0 aliphatic heterocycles. The van der Waals surface area contributed by atoms with Crippen molar-refractivity contribution in [3.8, 4) is 0 Å². The maximum Gasteiger partial charge on any atom is 0.361 e. The molecule has 0 aromatic rings. The fourth-order valence-corrected chi connectivity index (χ4v) is 2.16. The van der Waals surface area contributed by atoms with E-state index < -0.39 is 7.60 Å². The van der Waals surface area contributed by atoms with Crippen LogP contribution in [-0.4, -0.2) is 14.2 Å². The minimum atomic E-state index is -3.12. The molecule has 0 aromatic heterocycles. The lowest BCUT2D eigenvalue weighted by Gasteiger charge is -2.05. The molecule has 0 radical (unpaired) electrons. The van der Waals surface area contributed by atoms with Gasteiger partial charge in [0.2, 0.25) is 0 Å². The second-order valence-electron chi connectivity index (χ2n) is 5.05. The Labute approximate surface area is 129 Å². The van der Waals surface area contributed by atoms with Gasteiger partial charge in [-0.1, -0.05) is 35.5 Å². The summed E-state index contributed by atoms with van der Waals surface area (Å²) in [4.78, 5) is 0. The summed E-state index contributed by atoms with van der Waals surface area (Å²) in [7, 11) is -0.417. The average Bonchev–Trinajstić information content (AvgIpc) is 2.44. The van der Waals surface area contributed by atoms with Crippen LogP contribution in [-0.2, 0) is 13.6 Å². The van der Waals surface area contributed by atoms with E-state index in [9.17, 15) is 4.57 Å². The van der Waals surface area contributed by atoms with Crippen molar-refractivity contribution in [2.45, 2.75) is 40.5 Å². The first-order chi connectivity index (χ1) is 9.83. The lowest BCUT2D eigenvalue weighted by Crippen LogP contribution is -1.82. The van der Waals surface area contributed by atoms with E-state index >= 15 is 0 Å². The van der Waals surface area contributed by atoms with Crippen LogP contribution in [0.4, 0.5) is 0 Å². The number of rotatable bonds is 8. The molecule has 0 heterocycles. The summed E-state index contributed by atoms with van der Waals surface area (Å²) in [5.41, 5.74) is 6.44. The molecule has 118 valence electrons. The number of hydrogen-bond donors (Lipinski definition) is 0. The standard InChI is InChI=1S/C17H27O3P/c1-15(2)9-7-10-16(3)11-8-12-17(4)13-14-21(18,19-5)20-6/h8-9,11-12,14H,7,10H2,1-6H3/b12-8+,16-11+. The van der Waals surface area contributed by atoms with Gasteiger partial charge >= 0.3 is 7.60 Å². The summed E-state index contributed by atoms with van der Waals surface area (Å²) in [6.45, 7) is 8.22. The van der Waals surface area contributed by atoms with Gasteiger partial charge in [-0.2, -0.15) is 0 Å². The van der Waals surface area contributed by atoms with Crippen molar-refractivity contribution < 1.29 is 13.6 Å². The highest BCUT2D eigenvalue weighted by Crippen LogP contribution is 2.47. The van der Waals surface area contributed by atoms with Crippen LogP contribution in [0.2, 0.25) is 0 Å². The zero-order valence-electron chi connectivity index (χ0n) is 14.0. The van der Waals surface area contributed by atoms with Crippen LogP contribution < -0.4 is 0 Å². The number of allylic oxidation sites excluding steroid dienone is 7. The van der Waals surface area contributed by atoms with E-state index in [2.05, 4.69) is 38.7 Å². The summed E-state index contributed by atoms with van der Waals surface area (Å²) < 4.78 is 21.4. The van der Waals surface area contributed by atoms with Crippen molar-refractivity contribution in [1.29, 1.82) is 0 Å². The van der Waals surface area contributed by atoms with Gasteiger partial charge in [-0.15, -0.1) is 5.73 Å². The first kappa shape index (κ1) is 19.9. The van der Waals surface area contributed by atoms with Crippen LogP contribution in [0.25, 0.3) is 0 Å². The van der Waals surface area contributed by atoms with Crippen molar-refractivity contribution in [1.82, 2.24) is 0 Å². The Balaban J connectivity index is 4.63. The predicted molar refractivity (Wildman–Crippen MR) is 90.5 cm³/mol. The van der Waals surface area contributed by atoms with E-state index in [1.54, 1.807) is 0 Å². The van der Waals surface area contributed by atoms with Gasteiger partial charge in [-0.05, 0) is 46.1 Å². The first-order valence-electron chi connectivity index (χ1n) is 6.96. The zero-order valence-corrected chi connectivity index (χ0v) is 14.9. The van der Waals surface area contributed by atoms with Crippen molar-refractivity contribution in [2.75, 3.05) is 14.2 Å². The Kier molecular flexibility index (Phi) is 10.0. The summed E-state index contributed by atoms with van der Waals surface area (Å²) in [6.07, 6.45) is 10.3. The third-order valence-electron chi connectivity index (χ3n) is 2.78. The summed E-state index contributed by atoms with van der Waals surface area (Å²) >= 11 is 0. The summed E-state index contributed by atoms with van der Waals surface area (Å²) in [5.74, 6) is 1.35. The largest absolute Gasteiger partial charge is 0.361 e. The van der Waals surface area contributed by atoms with E-state index in [4.69, 9.17) is 9.05 Å². The molecule has 0 amide bonds. The molecular formula is C17H27O3P. The molecule has 0 atom stereocenters. The van der Waals surface area contributed by atoms with E-state index in [0.29, 0.717) is 0 Å². The molecule has 0 aliphatic carbocycles. The molecule has 0 fully saturated rings. The van der Waals surface area contributed by atoms with Crippen molar-refractivity contribution in [3.63, 3.8) is 0 Å². The van der Waals surface area contributed by atoms with Crippen LogP contribution in [0, 0.1) is 0 Å². The molecule has 0 rings (SSSR count). The van der Waals surface area contributed by atoms with Gasteiger partial charge in [-0.25, -0.2) is 0 Å². The topological polar surface area (TPSA) is 35.5 Å². The highest BCUT2D eigenvalue weighted by atomic mass is 31.2. The van der Waals surface area contributed by atoms with E-state index in [0.717, 1.165) is 18.4 Å². The van der Waals surface area contributed by atoms with Crippen LogP contribution >= 0.6 is 7.60 Å². The van der Waals surface area contributed by atoms with Crippen molar-refractivity contribution in [3.05, 3.63) is 52.6 Å². The minimum Gasteiger partial charge on any atom is -0.309 e. The molecule has 0 N–H and O–H groups in total. The molecule has 21 heavy (non-hydrogen) atoms. The smallest absolute Gasteiger partial charge is 0.309 e. The molecule has 0 unspecified atom stereocenters. The normalized spacial score (nSPS) is 12.2. The van der Waals surface area contributed by atoms with Gasteiger partial charge in [0.25, 0.3) is 0 Å². The van der Waals surface area contributed by atoms with Gasteiger partial charge in [0.15, 0.2) is 0 Å². The minimum absolute atomic E-state index is 0.859. The molecule has 0 saturated carbocycles. The molecule has 3 nitrogen and oxygen atoms in total. The Hall–Kier alpha value is -1.11. The Morgan fingerprint density at radius 3 is 2.29 bits per heavy atom. The highest BCUT2D eigenvalue weighted by Gasteiger charge is 2.15. The molecule has 0 spiro atoms. The van der Waals surface area contributed by atoms with Crippen molar-refractivity contribution in [2.24, 2.45) is 0 Å². The van der Waals surface area contributed by atoms with Crippen LogP contribution in [0.5, 0.6) is 0 Å². The van der Waals surface area contributed by atoms with Gasteiger partial charge in [-0.3, -0.25) is 4.57 Å². The average molecular weight is 310 g/mol. The summed E-state index contributed by atoms with van der Waals surface area (Å²) in [5, 5.41) is 0. The van der Waals surface area contributed by atoms with Crippen LogP contribution in [0.3, 0.4) is 0 Å². The lowest BCUT2D eigenvalue weighted by molar-refractivity contribution is 0.286. The first-order valence-corrected chi connectivity index (χ1v) is 8.57. The second kappa shape index (κ2) is 10.6. The fourth-order valence-electron chi connectivity index (χ4n) is 1.44. The Morgan fingerprint density at radius 1 is 1.14 bits per heavy atom. The van der Waals surface area contributed by atoms with E-state index in [1.165, 1.54) is 31.2 Å². The third kappa shape index (κ3) is 10.3. The maximum absolute atomic E-state index is 11.8. The maximum atomic E-state index is 11.8. The van der Waals surface area contributed by atoms with Gasteiger partial charge in [0.1, 0.15) is 0 Å². The Bertz CT molecular complexity index is 506.